The Morgan fingerprint density at radius 2 is 2.10 bits per heavy atom. The summed E-state index contributed by atoms with van der Waals surface area (Å²) in [6, 6.07) is 9.90. The molecule has 108 valence electrons. The van der Waals surface area contributed by atoms with Crippen LogP contribution in [0.15, 0.2) is 36.5 Å². The number of rotatable bonds is 4. The van der Waals surface area contributed by atoms with Gasteiger partial charge in [0.1, 0.15) is 0 Å². The molecule has 2 aromatic heterocycles. The van der Waals surface area contributed by atoms with Crippen LogP contribution in [0.4, 0.5) is 11.4 Å². The summed E-state index contributed by atoms with van der Waals surface area (Å²) in [6.07, 6.45) is 2.84. The van der Waals surface area contributed by atoms with Crippen LogP contribution in [0, 0.1) is 6.92 Å². The first-order chi connectivity index (χ1) is 10.1. The van der Waals surface area contributed by atoms with E-state index in [0.717, 1.165) is 46.6 Å². The highest BCUT2D eigenvalue weighted by molar-refractivity contribution is 5.93. The predicted octanol–water partition coefficient (Wildman–Crippen LogP) is 2.51. The molecule has 2 heterocycles. The zero-order valence-corrected chi connectivity index (χ0v) is 12.3. The Kier molecular flexibility index (Phi) is 3.48. The van der Waals surface area contributed by atoms with Crippen LogP contribution in [0.5, 0.6) is 0 Å². The molecule has 0 saturated carbocycles. The van der Waals surface area contributed by atoms with Gasteiger partial charge in [0.25, 0.3) is 0 Å². The summed E-state index contributed by atoms with van der Waals surface area (Å²) in [7, 11) is 1.93. The van der Waals surface area contributed by atoms with E-state index in [1.165, 1.54) is 0 Å². The van der Waals surface area contributed by atoms with Gasteiger partial charge in [-0.2, -0.15) is 5.10 Å². The van der Waals surface area contributed by atoms with Gasteiger partial charge in [0, 0.05) is 48.7 Å². The SMILES string of the molecule is Cc1cc(NCCc2ccn(C)n2)c2cc(N)ccc2n1. The van der Waals surface area contributed by atoms with E-state index in [9.17, 15) is 0 Å². The van der Waals surface area contributed by atoms with E-state index in [2.05, 4.69) is 21.5 Å². The molecular weight excluding hydrogens is 262 g/mol. The van der Waals surface area contributed by atoms with Crippen molar-refractivity contribution in [1.29, 1.82) is 0 Å². The van der Waals surface area contributed by atoms with Crippen molar-refractivity contribution in [3.8, 4) is 0 Å². The lowest BCUT2D eigenvalue weighted by atomic mass is 10.1. The maximum Gasteiger partial charge on any atom is 0.0727 e. The van der Waals surface area contributed by atoms with Crippen LogP contribution in [-0.2, 0) is 13.5 Å². The third-order valence-electron chi connectivity index (χ3n) is 3.43. The quantitative estimate of drug-likeness (QED) is 0.721. The van der Waals surface area contributed by atoms with Gasteiger partial charge < -0.3 is 11.1 Å². The van der Waals surface area contributed by atoms with Gasteiger partial charge in [-0.05, 0) is 37.3 Å². The lowest BCUT2D eigenvalue weighted by molar-refractivity contribution is 0.742. The summed E-state index contributed by atoms with van der Waals surface area (Å²) in [4.78, 5) is 4.54. The van der Waals surface area contributed by atoms with Crippen LogP contribution in [0.1, 0.15) is 11.4 Å². The second-order valence-corrected chi connectivity index (χ2v) is 5.25. The Labute approximate surface area is 123 Å². The fraction of sp³-hybridized carbons (Fsp3) is 0.250. The van der Waals surface area contributed by atoms with E-state index < -0.39 is 0 Å². The van der Waals surface area contributed by atoms with E-state index in [4.69, 9.17) is 5.73 Å². The normalized spacial score (nSPS) is 11.0. The fourth-order valence-electron chi connectivity index (χ4n) is 2.44. The largest absolute Gasteiger partial charge is 0.399 e. The lowest BCUT2D eigenvalue weighted by Gasteiger charge is -2.11. The molecule has 0 amide bonds. The average molecular weight is 281 g/mol. The number of aromatic nitrogens is 3. The molecule has 1 aromatic carbocycles. The molecule has 0 atom stereocenters. The molecule has 0 spiro atoms. The summed E-state index contributed by atoms with van der Waals surface area (Å²) >= 11 is 0. The van der Waals surface area contributed by atoms with E-state index in [0.29, 0.717) is 0 Å². The number of nitrogens with two attached hydrogens (primary N) is 1. The number of fused-ring (bicyclic) bond motifs is 1. The summed E-state index contributed by atoms with van der Waals surface area (Å²) in [5.41, 5.74) is 10.7. The van der Waals surface area contributed by atoms with Crippen molar-refractivity contribution in [3.05, 3.63) is 47.9 Å². The monoisotopic (exact) mass is 281 g/mol. The Morgan fingerprint density at radius 1 is 1.24 bits per heavy atom. The highest BCUT2D eigenvalue weighted by Crippen LogP contribution is 2.25. The van der Waals surface area contributed by atoms with Gasteiger partial charge in [0.2, 0.25) is 0 Å². The first-order valence-corrected chi connectivity index (χ1v) is 7.01. The molecule has 3 N–H and O–H groups in total. The average Bonchev–Trinajstić information content (AvgIpc) is 2.85. The number of benzene rings is 1. The summed E-state index contributed by atoms with van der Waals surface area (Å²) in [5.74, 6) is 0. The molecule has 3 aromatic rings. The maximum absolute atomic E-state index is 5.88. The van der Waals surface area contributed by atoms with Crippen LogP contribution < -0.4 is 11.1 Å². The standard InChI is InChI=1S/C16H19N5/c1-11-9-16(14-10-12(17)3-4-15(14)19-11)18-7-5-13-6-8-21(2)20-13/h3-4,6,8-10H,5,7,17H2,1-2H3,(H,18,19). The second kappa shape index (κ2) is 5.44. The molecule has 0 aliphatic heterocycles. The molecule has 0 aliphatic rings. The third kappa shape index (κ3) is 2.97. The van der Waals surface area contributed by atoms with Crippen LogP contribution >= 0.6 is 0 Å². The first kappa shape index (κ1) is 13.4. The minimum atomic E-state index is 0.751. The Hall–Kier alpha value is -2.56. The first-order valence-electron chi connectivity index (χ1n) is 7.01. The Morgan fingerprint density at radius 3 is 2.86 bits per heavy atom. The van der Waals surface area contributed by atoms with Crippen molar-refractivity contribution < 1.29 is 0 Å². The van der Waals surface area contributed by atoms with Crippen molar-refractivity contribution >= 4 is 22.3 Å². The summed E-state index contributed by atoms with van der Waals surface area (Å²) < 4.78 is 1.82. The smallest absolute Gasteiger partial charge is 0.0727 e. The van der Waals surface area contributed by atoms with Gasteiger partial charge in [-0.3, -0.25) is 9.67 Å². The van der Waals surface area contributed by atoms with Gasteiger partial charge in [-0.15, -0.1) is 0 Å². The number of pyridine rings is 1. The van der Waals surface area contributed by atoms with Crippen molar-refractivity contribution in [2.45, 2.75) is 13.3 Å². The molecule has 0 saturated heterocycles. The van der Waals surface area contributed by atoms with Crippen molar-refractivity contribution in [1.82, 2.24) is 14.8 Å². The zero-order chi connectivity index (χ0) is 14.8. The minimum Gasteiger partial charge on any atom is -0.399 e. The van der Waals surface area contributed by atoms with E-state index in [1.54, 1.807) is 0 Å². The van der Waals surface area contributed by atoms with Crippen molar-refractivity contribution in [2.24, 2.45) is 7.05 Å². The zero-order valence-electron chi connectivity index (χ0n) is 12.3. The number of hydrogen-bond acceptors (Lipinski definition) is 4. The third-order valence-corrected chi connectivity index (χ3v) is 3.43. The molecule has 5 heteroatoms. The summed E-state index contributed by atoms with van der Waals surface area (Å²) in [5, 5.41) is 8.91. The van der Waals surface area contributed by atoms with Gasteiger partial charge in [0.05, 0.1) is 11.2 Å². The van der Waals surface area contributed by atoms with E-state index >= 15 is 0 Å². The molecule has 0 bridgehead atoms. The van der Waals surface area contributed by atoms with Gasteiger partial charge >= 0.3 is 0 Å². The van der Waals surface area contributed by atoms with E-state index in [-0.39, 0.29) is 0 Å². The Bertz CT molecular complexity index is 775. The molecule has 0 aliphatic carbocycles. The molecule has 0 unspecified atom stereocenters. The second-order valence-electron chi connectivity index (χ2n) is 5.25. The molecule has 3 rings (SSSR count). The number of anilines is 2. The number of nitrogens with zero attached hydrogens (tertiary/aromatic N) is 3. The van der Waals surface area contributed by atoms with Crippen molar-refractivity contribution in [3.63, 3.8) is 0 Å². The highest BCUT2D eigenvalue weighted by atomic mass is 15.2. The lowest BCUT2D eigenvalue weighted by Crippen LogP contribution is -2.07. The number of aryl methyl sites for hydroxylation is 2. The van der Waals surface area contributed by atoms with Crippen LogP contribution in [0.25, 0.3) is 10.9 Å². The van der Waals surface area contributed by atoms with E-state index in [1.807, 2.05) is 49.1 Å². The number of nitrogen functional groups attached to an aromatic ring is 1. The van der Waals surface area contributed by atoms with Crippen molar-refractivity contribution in [2.75, 3.05) is 17.6 Å². The Balaban J connectivity index is 1.81. The molecule has 5 nitrogen and oxygen atoms in total. The maximum atomic E-state index is 5.88. The molecule has 21 heavy (non-hydrogen) atoms. The van der Waals surface area contributed by atoms with Gasteiger partial charge in [-0.1, -0.05) is 0 Å². The molecule has 0 fully saturated rings. The predicted molar refractivity (Wildman–Crippen MR) is 86.3 cm³/mol. The van der Waals surface area contributed by atoms with Crippen LogP contribution in [0.3, 0.4) is 0 Å². The fourth-order valence-corrected chi connectivity index (χ4v) is 2.44. The summed E-state index contributed by atoms with van der Waals surface area (Å²) in [6.45, 7) is 2.82. The number of nitrogens with one attached hydrogen (secondary N) is 1. The van der Waals surface area contributed by atoms with Gasteiger partial charge in [-0.25, -0.2) is 0 Å². The van der Waals surface area contributed by atoms with Gasteiger partial charge in [0.15, 0.2) is 0 Å². The highest BCUT2D eigenvalue weighted by Gasteiger charge is 2.05. The van der Waals surface area contributed by atoms with Crippen LogP contribution in [-0.4, -0.2) is 21.3 Å². The molecule has 0 radical (unpaired) electrons. The topological polar surface area (TPSA) is 68.8 Å². The minimum absolute atomic E-state index is 0.751. The van der Waals surface area contributed by atoms with Crippen LogP contribution in [0.2, 0.25) is 0 Å². The number of hydrogen-bond donors (Lipinski definition) is 2. The molecular formula is C16H19N5.